The van der Waals surface area contributed by atoms with Crippen LogP contribution in [0, 0.1) is 12.3 Å². The molecule has 2 amide bonds. The number of anilines is 2. The number of benzene rings is 2. The summed E-state index contributed by atoms with van der Waals surface area (Å²) in [5.41, 5.74) is 4.40. The molecule has 3 aliphatic heterocycles. The number of aromatic nitrogens is 5. The summed E-state index contributed by atoms with van der Waals surface area (Å²) in [6.07, 6.45) is 10.2. The molecule has 3 saturated heterocycles. The lowest BCUT2D eigenvalue weighted by molar-refractivity contribution is -0.135. The van der Waals surface area contributed by atoms with Crippen LogP contribution in [0.25, 0.3) is 22.1 Å². The summed E-state index contributed by atoms with van der Waals surface area (Å²) in [5.74, 6) is -0.0168. The van der Waals surface area contributed by atoms with Crippen LogP contribution in [-0.2, 0) is 31.4 Å². The Balaban J connectivity index is 0.682. The predicted octanol–water partition coefficient (Wildman–Crippen LogP) is 4.64. The van der Waals surface area contributed by atoms with Gasteiger partial charge in [0.2, 0.25) is 27.8 Å². The molecule has 326 valence electrons. The first-order chi connectivity index (χ1) is 29.9. The van der Waals surface area contributed by atoms with E-state index in [-0.39, 0.29) is 46.0 Å². The molecule has 3 aromatic heterocycles. The number of nitrogens with one attached hydrogen (secondary N) is 2. The number of fused-ring (bicyclic) bond motifs is 2. The highest BCUT2D eigenvalue weighted by Crippen LogP contribution is 2.51. The molecular formula is C45H53N9O7S. The van der Waals surface area contributed by atoms with E-state index in [1.807, 2.05) is 13.0 Å². The molecule has 16 nitrogen and oxygen atoms in total. The predicted molar refractivity (Wildman–Crippen MR) is 233 cm³/mol. The number of amides is 2. The molecule has 62 heavy (non-hydrogen) atoms. The zero-order chi connectivity index (χ0) is 42.9. The fourth-order valence-corrected chi connectivity index (χ4v) is 12.4. The fourth-order valence-electron chi connectivity index (χ4n) is 10.7. The summed E-state index contributed by atoms with van der Waals surface area (Å²) in [6, 6.07) is 13.9. The Bertz CT molecular complexity index is 2820. The number of imidazole rings is 1. The second-order valence-corrected chi connectivity index (χ2v) is 20.2. The van der Waals surface area contributed by atoms with Crippen LogP contribution in [0.1, 0.15) is 93.3 Å². The third kappa shape index (κ3) is 7.35. The minimum atomic E-state index is -3.66. The van der Waals surface area contributed by atoms with Crippen molar-refractivity contribution in [2.75, 3.05) is 44.6 Å². The van der Waals surface area contributed by atoms with Gasteiger partial charge in [-0.05, 0) is 118 Å². The number of hydrogen-bond donors (Lipinski definition) is 2. The topological polar surface area (TPSA) is 183 Å². The molecule has 2 aliphatic carbocycles. The van der Waals surface area contributed by atoms with E-state index in [1.165, 1.54) is 10.1 Å². The van der Waals surface area contributed by atoms with Crippen LogP contribution in [0.2, 0.25) is 0 Å². The van der Waals surface area contributed by atoms with E-state index in [0.717, 1.165) is 87.5 Å². The van der Waals surface area contributed by atoms with E-state index in [4.69, 9.17) is 9.72 Å². The normalized spacial score (nSPS) is 21.7. The summed E-state index contributed by atoms with van der Waals surface area (Å²) >= 11 is 0. The van der Waals surface area contributed by atoms with Gasteiger partial charge in [0.15, 0.2) is 0 Å². The van der Waals surface area contributed by atoms with Crippen LogP contribution < -0.4 is 21.9 Å². The summed E-state index contributed by atoms with van der Waals surface area (Å²) in [6.45, 7) is 6.23. The molecule has 0 bridgehead atoms. The zero-order valence-corrected chi connectivity index (χ0v) is 36.0. The van der Waals surface area contributed by atoms with Crippen molar-refractivity contribution in [3.05, 3.63) is 86.7 Å². The SMILES string of the molecule is Cc1cc(S(=O)(=O)N2CC3(CC(OCCN4CCC(c5ccc6c(c5)n(C)c(=O)n6C5CCC(=O)NC5=O)CC4)C3)C2)ccc1Nc1ncc2ccc(=O)n(C3CCCC3)c2n1. The second-order valence-electron chi connectivity index (χ2n) is 18.3. The van der Waals surface area contributed by atoms with Crippen molar-refractivity contribution in [3.8, 4) is 0 Å². The average molecular weight is 864 g/mol. The van der Waals surface area contributed by atoms with Crippen molar-refractivity contribution in [1.29, 1.82) is 0 Å². The number of sulfonamides is 1. The minimum absolute atomic E-state index is 0.0210. The van der Waals surface area contributed by atoms with Gasteiger partial charge >= 0.3 is 5.69 Å². The van der Waals surface area contributed by atoms with Gasteiger partial charge in [-0.1, -0.05) is 18.9 Å². The van der Waals surface area contributed by atoms with E-state index < -0.39 is 22.0 Å². The van der Waals surface area contributed by atoms with Gasteiger partial charge in [-0.15, -0.1) is 0 Å². The summed E-state index contributed by atoms with van der Waals surface area (Å²) in [4.78, 5) is 62.3. The number of likely N-dealkylation sites (tertiary alicyclic amines) is 1. The highest BCUT2D eigenvalue weighted by molar-refractivity contribution is 7.89. The van der Waals surface area contributed by atoms with Crippen molar-refractivity contribution in [3.63, 3.8) is 0 Å². The smallest absolute Gasteiger partial charge is 0.329 e. The van der Waals surface area contributed by atoms with Gasteiger partial charge in [0, 0.05) is 67.9 Å². The molecule has 2 N–H and O–H groups in total. The van der Waals surface area contributed by atoms with E-state index >= 15 is 0 Å². The lowest BCUT2D eigenvalue weighted by atomic mass is 9.63. The Morgan fingerprint density at radius 1 is 0.903 bits per heavy atom. The number of rotatable bonds is 11. The largest absolute Gasteiger partial charge is 0.377 e. The standard InChI is InChI=1S/C45H53N9O7S/c1-28-21-34(9-10-35(28)47-43-46-25-31-8-14-40(56)53(41(31)49-43)32-5-3-4-6-32)62(59,60)52-26-45(27-52)23-33(24-45)61-20-19-51-17-15-29(16-18-51)30-7-11-36-38(22-30)50(2)44(58)54(36)37-12-13-39(55)48-42(37)57/h7-11,14,21-22,25,29,32-33,37H,3-6,12-13,15-20,23-24,26-27H2,1-2H3,(H,46,47,49)(H,48,55,57). The zero-order valence-electron chi connectivity index (χ0n) is 35.2. The van der Waals surface area contributed by atoms with Gasteiger partial charge in [0.1, 0.15) is 11.7 Å². The lowest BCUT2D eigenvalue weighted by Crippen LogP contribution is -2.65. The van der Waals surface area contributed by atoms with Gasteiger partial charge < -0.3 is 15.0 Å². The van der Waals surface area contributed by atoms with E-state index in [0.29, 0.717) is 54.8 Å². The van der Waals surface area contributed by atoms with E-state index in [1.54, 1.807) is 57.0 Å². The van der Waals surface area contributed by atoms with Gasteiger partial charge in [0.25, 0.3) is 5.56 Å². The first kappa shape index (κ1) is 40.8. The highest BCUT2D eigenvalue weighted by Gasteiger charge is 2.56. The minimum Gasteiger partial charge on any atom is -0.377 e. The van der Waals surface area contributed by atoms with Crippen molar-refractivity contribution >= 4 is 55.5 Å². The first-order valence-corrected chi connectivity index (χ1v) is 23.4. The summed E-state index contributed by atoms with van der Waals surface area (Å²) < 4.78 is 40.2. The molecule has 2 aromatic carbocycles. The fraction of sp³-hybridized carbons (Fsp3) is 0.511. The van der Waals surface area contributed by atoms with Crippen LogP contribution in [-0.4, -0.2) is 98.5 Å². The molecule has 10 rings (SSSR count). The van der Waals surface area contributed by atoms with Crippen LogP contribution in [0.4, 0.5) is 11.6 Å². The number of nitrogens with zero attached hydrogens (tertiary/aromatic N) is 7. The molecule has 1 spiro atoms. The molecule has 5 fully saturated rings. The number of piperidine rings is 2. The van der Waals surface area contributed by atoms with Gasteiger partial charge in [0.05, 0.1) is 28.6 Å². The molecule has 1 atom stereocenters. The molecule has 1 unspecified atom stereocenters. The van der Waals surface area contributed by atoms with Crippen LogP contribution in [0.5, 0.6) is 0 Å². The number of pyridine rings is 1. The Hall–Kier alpha value is -5.23. The third-order valence-corrected chi connectivity index (χ3v) is 16.0. The van der Waals surface area contributed by atoms with Crippen LogP contribution in [0.15, 0.2) is 69.2 Å². The molecule has 5 aliphatic rings. The number of imide groups is 1. The Labute approximate surface area is 359 Å². The molecule has 6 heterocycles. The van der Waals surface area contributed by atoms with Gasteiger partial charge in [-0.3, -0.25) is 33.4 Å². The van der Waals surface area contributed by atoms with Crippen molar-refractivity contribution in [2.45, 2.75) is 100 Å². The molecule has 5 aromatic rings. The molecule has 0 radical (unpaired) electrons. The molecule has 2 saturated carbocycles. The average Bonchev–Trinajstić information content (AvgIpc) is 3.84. The quantitative estimate of drug-likeness (QED) is 0.177. The third-order valence-electron chi connectivity index (χ3n) is 14.2. The number of ether oxygens (including phenoxy) is 1. The highest BCUT2D eigenvalue weighted by atomic mass is 32.2. The number of carbonyl (C=O) groups is 2. The maximum Gasteiger partial charge on any atom is 0.329 e. The number of aryl methyl sites for hydroxylation is 2. The molecular weight excluding hydrogens is 811 g/mol. The number of hydrogen-bond acceptors (Lipinski definition) is 11. The van der Waals surface area contributed by atoms with Crippen molar-refractivity contribution in [2.24, 2.45) is 12.5 Å². The summed E-state index contributed by atoms with van der Waals surface area (Å²) in [5, 5.41) is 6.42. The first-order valence-electron chi connectivity index (χ1n) is 22.0. The van der Waals surface area contributed by atoms with Crippen LogP contribution >= 0.6 is 0 Å². The summed E-state index contributed by atoms with van der Waals surface area (Å²) in [7, 11) is -1.93. The van der Waals surface area contributed by atoms with Gasteiger partial charge in [-0.25, -0.2) is 18.2 Å². The Morgan fingerprint density at radius 3 is 2.42 bits per heavy atom. The Morgan fingerprint density at radius 2 is 1.68 bits per heavy atom. The lowest BCUT2D eigenvalue weighted by Gasteiger charge is -2.57. The van der Waals surface area contributed by atoms with E-state index in [2.05, 4.69) is 32.7 Å². The van der Waals surface area contributed by atoms with Crippen molar-refractivity contribution < 1.29 is 22.7 Å². The van der Waals surface area contributed by atoms with Crippen LogP contribution in [0.3, 0.4) is 0 Å². The van der Waals surface area contributed by atoms with Gasteiger partial charge in [-0.2, -0.15) is 9.29 Å². The number of carbonyl (C=O) groups excluding carboxylic acids is 2. The second kappa shape index (κ2) is 15.8. The maximum absolute atomic E-state index is 13.7. The Kier molecular flexibility index (Phi) is 10.4. The molecule has 17 heteroatoms. The van der Waals surface area contributed by atoms with E-state index in [9.17, 15) is 27.6 Å². The monoisotopic (exact) mass is 863 g/mol. The maximum atomic E-state index is 13.7. The van der Waals surface area contributed by atoms with Crippen molar-refractivity contribution in [1.82, 2.24) is 38.2 Å².